The Kier molecular flexibility index (Phi) is 6.13. The number of quaternary nitrogens is 1. The molecule has 1 unspecified atom stereocenters. The van der Waals surface area contributed by atoms with Crippen molar-refractivity contribution in [2.24, 2.45) is 0 Å². The smallest absolute Gasteiger partial charge is 0.313 e. The monoisotopic (exact) mass is 422 g/mol. The molecule has 0 saturated carbocycles. The number of benzene rings is 2. The first-order valence-corrected chi connectivity index (χ1v) is 10.3. The molecule has 0 fully saturated rings. The first-order valence-electron chi connectivity index (χ1n) is 10.3. The minimum absolute atomic E-state index is 0.128. The van der Waals surface area contributed by atoms with Crippen LogP contribution < -0.4 is 15.5 Å². The van der Waals surface area contributed by atoms with E-state index in [2.05, 4.69) is 22.8 Å². The van der Waals surface area contributed by atoms with Crippen molar-refractivity contribution < 1.29 is 23.3 Å². The third-order valence-electron chi connectivity index (χ3n) is 5.73. The van der Waals surface area contributed by atoms with Crippen LogP contribution in [-0.4, -0.2) is 24.9 Å². The molecule has 1 aliphatic rings. The quantitative estimate of drug-likeness (QED) is 0.552. The summed E-state index contributed by atoms with van der Waals surface area (Å²) in [6.45, 7) is 3.59. The number of fused-ring (bicyclic) bond motifs is 1. The van der Waals surface area contributed by atoms with E-state index in [-0.39, 0.29) is 18.3 Å². The van der Waals surface area contributed by atoms with E-state index in [1.165, 1.54) is 22.1 Å². The predicted octanol–water partition coefficient (Wildman–Crippen LogP) is 2.16. The van der Waals surface area contributed by atoms with Crippen LogP contribution in [0.3, 0.4) is 0 Å². The van der Waals surface area contributed by atoms with Gasteiger partial charge in [-0.15, -0.1) is 0 Å². The molecule has 0 bridgehead atoms. The van der Waals surface area contributed by atoms with Crippen molar-refractivity contribution >= 4 is 17.5 Å². The van der Waals surface area contributed by atoms with Crippen LogP contribution in [0, 0.1) is 12.7 Å². The first-order chi connectivity index (χ1) is 15.0. The van der Waals surface area contributed by atoms with Crippen LogP contribution in [-0.2, 0) is 22.6 Å². The maximum atomic E-state index is 13.7. The number of halogens is 1. The summed E-state index contributed by atoms with van der Waals surface area (Å²) in [5.74, 6) is -1.28. The number of nitrogens with one attached hydrogen (secondary N) is 3. The fourth-order valence-electron chi connectivity index (χ4n) is 3.97. The molecule has 3 aromatic rings. The summed E-state index contributed by atoms with van der Waals surface area (Å²) in [4.78, 5) is 25.9. The average molecular weight is 422 g/mol. The average Bonchev–Trinajstić information content (AvgIpc) is 3.31. The van der Waals surface area contributed by atoms with Gasteiger partial charge in [0.2, 0.25) is 0 Å². The van der Waals surface area contributed by atoms with Crippen LogP contribution in [0.5, 0.6) is 0 Å². The van der Waals surface area contributed by atoms with Crippen LogP contribution >= 0.6 is 0 Å². The summed E-state index contributed by atoms with van der Waals surface area (Å²) < 4.78 is 19.3. The van der Waals surface area contributed by atoms with Crippen molar-refractivity contribution in [3.05, 3.63) is 89.1 Å². The van der Waals surface area contributed by atoms with E-state index < -0.39 is 17.6 Å². The number of amides is 2. The molecular weight excluding hydrogens is 397 g/mol. The Morgan fingerprint density at radius 2 is 1.90 bits per heavy atom. The topological polar surface area (TPSA) is 75.8 Å². The van der Waals surface area contributed by atoms with Gasteiger partial charge in [0, 0.05) is 17.7 Å². The zero-order valence-corrected chi connectivity index (χ0v) is 17.3. The van der Waals surface area contributed by atoms with Gasteiger partial charge in [0.25, 0.3) is 0 Å². The summed E-state index contributed by atoms with van der Waals surface area (Å²) in [6, 6.07) is 16.2. The summed E-state index contributed by atoms with van der Waals surface area (Å²) >= 11 is 0. The fourth-order valence-corrected chi connectivity index (χ4v) is 3.97. The number of rotatable bonds is 5. The number of aryl methyl sites for hydroxylation is 1. The zero-order valence-electron chi connectivity index (χ0n) is 17.3. The lowest BCUT2D eigenvalue weighted by molar-refractivity contribution is -0.946. The fraction of sp³-hybridized carbons (Fsp3) is 0.250. The lowest BCUT2D eigenvalue weighted by Crippen LogP contribution is -3.12. The molecule has 7 heteroatoms. The molecule has 31 heavy (non-hydrogen) atoms. The summed E-state index contributed by atoms with van der Waals surface area (Å²) in [5, 5.41) is 5.15. The van der Waals surface area contributed by atoms with Gasteiger partial charge in [-0.05, 0) is 42.3 Å². The van der Waals surface area contributed by atoms with E-state index in [9.17, 15) is 14.0 Å². The van der Waals surface area contributed by atoms with Gasteiger partial charge >= 0.3 is 11.8 Å². The molecule has 160 valence electrons. The molecule has 1 aromatic heterocycles. The van der Waals surface area contributed by atoms with Crippen molar-refractivity contribution in [1.82, 2.24) is 5.32 Å². The standard InChI is InChI=1S/C24H24FN3O3/c1-16-8-9-19(13-20(16)25)27-24(30)23(29)26-14-21(22-7-4-12-31-22)28-11-10-17-5-2-3-6-18(17)15-28/h2-9,12-13,21H,10-11,14-15H2,1H3,(H,26,29)(H,27,30)/p+1/t21-/m1/s1. The third kappa shape index (κ3) is 4.83. The van der Waals surface area contributed by atoms with E-state index in [1.54, 1.807) is 25.3 Å². The second-order valence-corrected chi connectivity index (χ2v) is 7.80. The number of hydrogen-bond acceptors (Lipinski definition) is 3. The van der Waals surface area contributed by atoms with Crippen LogP contribution in [0.4, 0.5) is 10.1 Å². The van der Waals surface area contributed by atoms with Crippen molar-refractivity contribution in [1.29, 1.82) is 0 Å². The third-order valence-corrected chi connectivity index (χ3v) is 5.73. The van der Waals surface area contributed by atoms with E-state index in [4.69, 9.17) is 4.42 Å². The number of hydrogen-bond donors (Lipinski definition) is 3. The molecule has 2 atom stereocenters. The number of carbonyl (C=O) groups is 2. The van der Waals surface area contributed by atoms with Gasteiger partial charge in [-0.2, -0.15) is 0 Å². The number of furan rings is 1. The van der Waals surface area contributed by atoms with Crippen LogP contribution in [0.2, 0.25) is 0 Å². The van der Waals surface area contributed by atoms with Crippen molar-refractivity contribution in [3.63, 3.8) is 0 Å². The lowest BCUT2D eigenvalue weighted by atomic mass is 9.98. The van der Waals surface area contributed by atoms with Crippen LogP contribution in [0.1, 0.15) is 28.5 Å². The molecule has 0 radical (unpaired) electrons. The largest absolute Gasteiger partial charge is 0.463 e. The Hall–Kier alpha value is -3.45. The van der Waals surface area contributed by atoms with E-state index >= 15 is 0 Å². The second-order valence-electron chi connectivity index (χ2n) is 7.80. The Morgan fingerprint density at radius 1 is 1.10 bits per heavy atom. The highest BCUT2D eigenvalue weighted by Gasteiger charge is 2.31. The second kappa shape index (κ2) is 9.14. The SMILES string of the molecule is Cc1ccc(NC(=O)C(=O)NC[C@H](c2ccco2)[NH+]2CCc3ccccc3C2)cc1F. The maximum absolute atomic E-state index is 13.7. The summed E-state index contributed by atoms with van der Waals surface area (Å²) in [7, 11) is 0. The zero-order chi connectivity index (χ0) is 21.8. The van der Waals surface area contributed by atoms with Crippen LogP contribution in [0.15, 0.2) is 65.3 Å². The molecule has 2 aromatic carbocycles. The van der Waals surface area contributed by atoms with Gasteiger partial charge in [-0.25, -0.2) is 4.39 Å². The Morgan fingerprint density at radius 3 is 2.65 bits per heavy atom. The lowest BCUT2D eigenvalue weighted by Gasteiger charge is -2.31. The molecular formula is C24H25FN3O3+. The molecule has 0 aliphatic carbocycles. The van der Waals surface area contributed by atoms with E-state index in [1.807, 2.05) is 24.3 Å². The highest BCUT2D eigenvalue weighted by molar-refractivity contribution is 6.39. The Balaban J connectivity index is 1.41. The van der Waals surface area contributed by atoms with Gasteiger partial charge in [-0.3, -0.25) is 9.59 Å². The normalized spacial score (nSPS) is 16.3. The van der Waals surface area contributed by atoms with Gasteiger partial charge in [-0.1, -0.05) is 30.3 Å². The molecule has 0 spiro atoms. The van der Waals surface area contributed by atoms with Gasteiger partial charge in [0.05, 0.1) is 19.4 Å². The summed E-state index contributed by atoms with van der Waals surface area (Å²) in [5.41, 5.74) is 3.34. The van der Waals surface area contributed by atoms with Gasteiger partial charge in [0.15, 0.2) is 11.8 Å². The van der Waals surface area contributed by atoms with Crippen molar-refractivity contribution in [3.8, 4) is 0 Å². The van der Waals surface area contributed by atoms with E-state index in [0.717, 1.165) is 25.3 Å². The molecule has 4 rings (SSSR count). The molecule has 1 aliphatic heterocycles. The van der Waals surface area contributed by atoms with E-state index in [0.29, 0.717) is 5.56 Å². The van der Waals surface area contributed by atoms with Crippen LogP contribution in [0.25, 0.3) is 0 Å². The molecule has 2 heterocycles. The highest BCUT2D eigenvalue weighted by atomic mass is 19.1. The minimum Gasteiger partial charge on any atom is -0.463 e. The minimum atomic E-state index is -0.833. The molecule has 2 amide bonds. The van der Waals surface area contributed by atoms with Gasteiger partial charge < -0.3 is 20.0 Å². The molecule has 0 saturated heterocycles. The Labute approximate surface area is 180 Å². The molecule has 3 N–H and O–H groups in total. The number of carbonyl (C=O) groups excluding carboxylic acids is 2. The maximum Gasteiger partial charge on any atom is 0.313 e. The van der Waals surface area contributed by atoms with Gasteiger partial charge in [0.1, 0.15) is 12.4 Å². The van der Waals surface area contributed by atoms with Crippen molar-refractivity contribution in [2.75, 3.05) is 18.4 Å². The predicted molar refractivity (Wildman–Crippen MR) is 114 cm³/mol. The Bertz CT molecular complexity index is 1080. The van der Waals surface area contributed by atoms with Crippen molar-refractivity contribution in [2.45, 2.75) is 25.9 Å². The number of anilines is 1. The first kappa shape index (κ1) is 20.8. The summed E-state index contributed by atoms with van der Waals surface area (Å²) in [6.07, 6.45) is 2.55. The molecule has 6 nitrogen and oxygen atoms in total. The highest BCUT2D eigenvalue weighted by Crippen LogP contribution is 2.16.